The molecule has 1 aromatic heterocycles. The molecule has 0 bridgehead atoms. The Kier molecular flexibility index (Phi) is 8.30. The average Bonchev–Trinajstić information content (AvgIpc) is 3.35. The van der Waals surface area contributed by atoms with Gasteiger partial charge in [-0.15, -0.1) is 10.2 Å². The molecular weight excluding hydrogens is 356 g/mol. The summed E-state index contributed by atoms with van der Waals surface area (Å²) in [5.74, 6) is 2.12. The zero-order valence-corrected chi connectivity index (χ0v) is 17.9. The highest BCUT2D eigenvalue weighted by Gasteiger charge is 2.23. The molecule has 0 amide bonds. The van der Waals surface area contributed by atoms with Crippen molar-refractivity contribution in [2.75, 3.05) is 19.3 Å². The summed E-state index contributed by atoms with van der Waals surface area (Å²) >= 11 is 1.72. The van der Waals surface area contributed by atoms with Crippen LogP contribution in [0.5, 0.6) is 0 Å². The van der Waals surface area contributed by atoms with Crippen LogP contribution in [-0.2, 0) is 6.42 Å². The fraction of sp³-hybridized carbons (Fsp3) is 0.850. The van der Waals surface area contributed by atoms with Crippen LogP contribution < -0.4 is 10.6 Å². The maximum Gasteiger partial charge on any atom is 0.191 e. The van der Waals surface area contributed by atoms with Gasteiger partial charge in [-0.05, 0) is 45.3 Å². The lowest BCUT2D eigenvalue weighted by atomic mass is 9.96. The van der Waals surface area contributed by atoms with Crippen molar-refractivity contribution >= 4 is 17.7 Å². The van der Waals surface area contributed by atoms with E-state index < -0.39 is 0 Å². The molecule has 27 heavy (non-hydrogen) atoms. The molecule has 0 radical (unpaired) electrons. The van der Waals surface area contributed by atoms with Crippen LogP contribution in [0.2, 0.25) is 0 Å². The lowest BCUT2D eigenvalue weighted by Gasteiger charge is -2.24. The third-order valence-corrected chi connectivity index (χ3v) is 6.37. The number of aryl methyl sites for hydroxylation is 1. The van der Waals surface area contributed by atoms with Gasteiger partial charge in [0.05, 0.1) is 0 Å². The number of aromatic nitrogens is 3. The largest absolute Gasteiger partial charge is 0.357 e. The van der Waals surface area contributed by atoms with E-state index in [-0.39, 0.29) is 0 Å². The van der Waals surface area contributed by atoms with Gasteiger partial charge in [-0.25, -0.2) is 0 Å². The summed E-state index contributed by atoms with van der Waals surface area (Å²) < 4.78 is 2.41. The number of rotatable bonds is 8. The third-order valence-electron chi connectivity index (χ3n) is 5.73. The molecule has 0 atom stereocenters. The SMILES string of the molecule is CCNC(=NCCCc1nnc(SC)n1C1CCCC1)NC1CCCCC1. The zero-order valence-electron chi connectivity index (χ0n) is 17.0. The fourth-order valence-corrected chi connectivity index (χ4v) is 4.91. The lowest BCUT2D eigenvalue weighted by Crippen LogP contribution is -2.44. The topological polar surface area (TPSA) is 67.1 Å². The second kappa shape index (κ2) is 10.9. The molecule has 0 unspecified atom stereocenters. The van der Waals surface area contributed by atoms with Gasteiger partial charge in [0.15, 0.2) is 11.1 Å². The number of hydrogen-bond acceptors (Lipinski definition) is 4. The minimum Gasteiger partial charge on any atom is -0.357 e. The van der Waals surface area contributed by atoms with E-state index in [0.29, 0.717) is 12.1 Å². The van der Waals surface area contributed by atoms with Crippen molar-refractivity contribution in [3.8, 4) is 0 Å². The van der Waals surface area contributed by atoms with Gasteiger partial charge < -0.3 is 15.2 Å². The Bertz CT molecular complexity index is 587. The van der Waals surface area contributed by atoms with Gasteiger partial charge in [-0.2, -0.15) is 0 Å². The molecule has 0 saturated heterocycles. The van der Waals surface area contributed by atoms with Crippen molar-refractivity contribution in [2.45, 2.75) is 94.8 Å². The maximum atomic E-state index is 4.81. The highest BCUT2D eigenvalue weighted by molar-refractivity contribution is 7.98. The Morgan fingerprint density at radius 1 is 1.11 bits per heavy atom. The second-order valence-electron chi connectivity index (χ2n) is 7.75. The number of guanidine groups is 1. The third kappa shape index (κ3) is 5.87. The molecule has 0 spiro atoms. The Hall–Kier alpha value is -1.24. The van der Waals surface area contributed by atoms with E-state index >= 15 is 0 Å². The van der Waals surface area contributed by atoms with Crippen LogP contribution in [0.25, 0.3) is 0 Å². The summed E-state index contributed by atoms with van der Waals surface area (Å²) in [6.07, 6.45) is 15.9. The maximum absolute atomic E-state index is 4.81. The summed E-state index contributed by atoms with van der Waals surface area (Å²) in [6.45, 7) is 3.87. The molecule has 1 aromatic rings. The average molecular weight is 393 g/mol. The second-order valence-corrected chi connectivity index (χ2v) is 8.53. The molecule has 2 N–H and O–H groups in total. The monoisotopic (exact) mass is 392 g/mol. The van der Waals surface area contributed by atoms with Crippen LogP contribution in [0.4, 0.5) is 0 Å². The van der Waals surface area contributed by atoms with Crippen LogP contribution in [0, 0.1) is 0 Å². The summed E-state index contributed by atoms with van der Waals surface area (Å²) in [6, 6.07) is 1.19. The van der Waals surface area contributed by atoms with E-state index in [0.717, 1.165) is 42.9 Å². The molecule has 3 rings (SSSR count). The molecule has 0 aromatic carbocycles. The summed E-state index contributed by atoms with van der Waals surface area (Å²) in [5, 5.41) is 17.0. The lowest BCUT2D eigenvalue weighted by molar-refractivity contribution is 0.410. The van der Waals surface area contributed by atoms with Gasteiger partial charge in [-0.3, -0.25) is 4.99 Å². The molecule has 2 fully saturated rings. The first-order chi connectivity index (χ1) is 13.3. The van der Waals surface area contributed by atoms with Crippen molar-refractivity contribution in [3.05, 3.63) is 5.82 Å². The minimum atomic E-state index is 0.589. The number of nitrogens with zero attached hydrogens (tertiary/aromatic N) is 4. The first-order valence-corrected chi connectivity index (χ1v) is 12.1. The van der Waals surface area contributed by atoms with Crippen LogP contribution >= 0.6 is 11.8 Å². The predicted octanol–water partition coefficient (Wildman–Crippen LogP) is 3.94. The van der Waals surface area contributed by atoms with Gasteiger partial charge in [0.25, 0.3) is 0 Å². The van der Waals surface area contributed by atoms with Gasteiger partial charge in [0.2, 0.25) is 0 Å². The molecule has 152 valence electrons. The van der Waals surface area contributed by atoms with Crippen molar-refractivity contribution in [1.82, 2.24) is 25.4 Å². The molecule has 7 heteroatoms. The predicted molar refractivity (Wildman–Crippen MR) is 114 cm³/mol. The molecule has 6 nitrogen and oxygen atoms in total. The first kappa shape index (κ1) is 20.5. The highest BCUT2D eigenvalue weighted by atomic mass is 32.2. The van der Waals surface area contributed by atoms with Crippen LogP contribution in [0.3, 0.4) is 0 Å². The Balaban J connectivity index is 1.53. The molecule has 2 aliphatic carbocycles. The van der Waals surface area contributed by atoms with Crippen molar-refractivity contribution in [1.29, 1.82) is 0 Å². The highest BCUT2D eigenvalue weighted by Crippen LogP contribution is 2.33. The molecule has 1 heterocycles. The Morgan fingerprint density at radius 2 is 1.85 bits per heavy atom. The molecular formula is C20H36N6S. The summed E-state index contributed by atoms with van der Waals surface area (Å²) in [7, 11) is 0. The Morgan fingerprint density at radius 3 is 2.56 bits per heavy atom. The van der Waals surface area contributed by atoms with Gasteiger partial charge in [-0.1, -0.05) is 43.9 Å². The van der Waals surface area contributed by atoms with E-state index in [1.165, 1.54) is 57.8 Å². The van der Waals surface area contributed by atoms with Crippen molar-refractivity contribution in [3.63, 3.8) is 0 Å². The van der Waals surface area contributed by atoms with Crippen LogP contribution in [0.1, 0.15) is 83.0 Å². The van der Waals surface area contributed by atoms with Gasteiger partial charge in [0, 0.05) is 31.6 Å². The van der Waals surface area contributed by atoms with Gasteiger partial charge in [0.1, 0.15) is 5.82 Å². The number of hydrogen-bond donors (Lipinski definition) is 2. The van der Waals surface area contributed by atoms with Crippen molar-refractivity contribution in [2.24, 2.45) is 4.99 Å². The quantitative estimate of drug-likeness (QED) is 0.304. The molecule has 0 aliphatic heterocycles. The zero-order chi connectivity index (χ0) is 18.9. The van der Waals surface area contributed by atoms with E-state index in [4.69, 9.17) is 4.99 Å². The standard InChI is InChI=1S/C20H36N6S/c1-3-21-19(23-16-10-5-4-6-11-16)22-15-9-14-18-24-25-20(27-2)26(18)17-12-7-8-13-17/h16-17H,3-15H2,1-2H3,(H2,21,22,23). The summed E-state index contributed by atoms with van der Waals surface area (Å²) in [4.78, 5) is 4.81. The first-order valence-electron chi connectivity index (χ1n) is 10.8. The van der Waals surface area contributed by atoms with Crippen LogP contribution in [-0.4, -0.2) is 46.1 Å². The van der Waals surface area contributed by atoms with Crippen LogP contribution in [0.15, 0.2) is 10.1 Å². The van der Waals surface area contributed by atoms with Crippen molar-refractivity contribution < 1.29 is 0 Å². The normalized spacial score (nSPS) is 19.6. The number of aliphatic imine (C=N–C) groups is 1. The van der Waals surface area contributed by atoms with E-state index in [2.05, 4.69) is 38.6 Å². The van der Waals surface area contributed by atoms with Gasteiger partial charge >= 0.3 is 0 Å². The number of thioether (sulfide) groups is 1. The minimum absolute atomic E-state index is 0.589. The molecule has 2 saturated carbocycles. The smallest absolute Gasteiger partial charge is 0.191 e. The van der Waals surface area contributed by atoms with E-state index in [1.54, 1.807) is 11.8 Å². The molecule has 2 aliphatic rings. The number of nitrogens with one attached hydrogen (secondary N) is 2. The van der Waals surface area contributed by atoms with E-state index in [9.17, 15) is 0 Å². The Labute approximate surface area is 168 Å². The summed E-state index contributed by atoms with van der Waals surface area (Å²) in [5.41, 5.74) is 0. The fourth-order valence-electron chi connectivity index (χ4n) is 4.33. The van der Waals surface area contributed by atoms with E-state index in [1.807, 2.05) is 0 Å².